The van der Waals surface area contributed by atoms with Gasteiger partial charge in [-0.2, -0.15) is 0 Å². The third kappa shape index (κ3) is 3.80. The van der Waals surface area contributed by atoms with Crippen LogP contribution in [0.4, 0.5) is 5.82 Å². The zero-order valence-electron chi connectivity index (χ0n) is 15.5. The molecule has 0 spiro atoms. The van der Waals surface area contributed by atoms with Crippen molar-refractivity contribution in [1.82, 2.24) is 15.0 Å². The molecule has 0 amide bonds. The van der Waals surface area contributed by atoms with Gasteiger partial charge in [0.2, 0.25) is 0 Å². The summed E-state index contributed by atoms with van der Waals surface area (Å²) in [6, 6.07) is 11.8. The van der Waals surface area contributed by atoms with Crippen LogP contribution in [0.1, 0.15) is 19.5 Å². The Morgan fingerprint density at radius 2 is 1.89 bits per heavy atom. The number of nitrogens with zero attached hydrogens (tertiary/aromatic N) is 4. The van der Waals surface area contributed by atoms with Gasteiger partial charge >= 0.3 is 0 Å². The molecule has 6 heteroatoms. The number of morpholine rings is 1. The SMILES string of the molecule is CC1CN(c2cccc(-c3ccc4cnc(CC=O)cc4n3)n2)CC(C)O1. The number of hydrogen-bond acceptors (Lipinski definition) is 6. The van der Waals surface area contributed by atoms with Gasteiger partial charge in [0, 0.05) is 36.8 Å². The predicted molar refractivity (Wildman–Crippen MR) is 105 cm³/mol. The Morgan fingerprint density at radius 3 is 2.67 bits per heavy atom. The van der Waals surface area contributed by atoms with Crippen LogP contribution in [0.3, 0.4) is 0 Å². The number of fused-ring (bicyclic) bond motifs is 1. The minimum absolute atomic E-state index is 0.182. The van der Waals surface area contributed by atoms with Crippen LogP contribution in [-0.2, 0) is 16.0 Å². The van der Waals surface area contributed by atoms with Crippen LogP contribution in [0.2, 0.25) is 0 Å². The Bertz CT molecular complexity index is 965. The Balaban J connectivity index is 1.67. The molecule has 2 unspecified atom stereocenters. The molecular formula is C21H22N4O2. The summed E-state index contributed by atoms with van der Waals surface area (Å²) in [6.45, 7) is 5.82. The lowest BCUT2D eigenvalue weighted by atomic mass is 10.1. The van der Waals surface area contributed by atoms with E-state index < -0.39 is 0 Å². The van der Waals surface area contributed by atoms with E-state index in [1.165, 1.54) is 0 Å². The first-order chi connectivity index (χ1) is 13.1. The van der Waals surface area contributed by atoms with E-state index in [0.717, 1.165) is 53.2 Å². The van der Waals surface area contributed by atoms with E-state index in [0.29, 0.717) is 6.42 Å². The topological polar surface area (TPSA) is 68.2 Å². The monoisotopic (exact) mass is 362 g/mol. The van der Waals surface area contributed by atoms with Crippen LogP contribution in [0.15, 0.2) is 42.6 Å². The van der Waals surface area contributed by atoms with Crippen LogP contribution in [0.5, 0.6) is 0 Å². The molecule has 0 radical (unpaired) electrons. The first kappa shape index (κ1) is 17.5. The van der Waals surface area contributed by atoms with Gasteiger partial charge in [0.15, 0.2) is 0 Å². The fourth-order valence-corrected chi connectivity index (χ4v) is 3.50. The molecular weight excluding hydrogens is 340 g/mol. The highest BCUT2D eigenvalue weighted by molar-refractivity contribution is 5.81. The average Bonchev–Trinajstić information content (AvgIpc) is 2.67. The van der Waals surface area contributed by atoms with Crippen molar-refractivity contribution in [3.8, 4) is 11.4 Å². The highest BCUT2D eigenvalue weighted by Crippen LogP contribution is 2.24. The first-order valence-corrected chi connectivity index (χ1v) is 9.19. The number of ether oxygens (including phenoxy) is 1. The van der Waals surface area contributed by atoms with Crippen molar-refractivity contribution in [3.63, 3.8) is 0 Å². The van der Waals surface area contributed by atoms with Crippen molar-refractivity contribution in [2.24, 2.45) is 0 Å². The average molecular weight is 362 g/mol. The van der Waals surface area contributed by atoms with Gasteiger partial charge in [-0.25, -0.2) is 9.97 Å². The summed E-state index contributed by atoms with van der Waals surface area (Å²) in [4.78, 5) is 26.9. The van der Waals surface area contributed by atoms with Crippen molar-refractivity contribution in [1.29, 1.82) is 0 Å². The number of carbonyl (C=O) groups is 1. The normalized spacial score (nSPS) is 20.0. The van der Waals surface area contributed by atoms with Gasteiger partial charge in [0.25, 0.3) is 0 Å². The fraction of sp³-hybridized carbons (Fsp3) is 0.333. The van der Waals surface area contributed by atoms with Crippen LogP contribution in [0.25, 0.3) is 22.3 Å². The molecule has 0 bridgehead atoms. The second kappa shape index (κ2) is 7.40. The minimum atomic E-state index is 0.182. The molecule has 1 aliphatic rings. The van der Waals surface area contributed by atoms with Gasteiger partial charge < -0.3 is 14.4 Å². The number of pyridine rings is 3. The molecule has 138 valence electrons. The Morgan fingerprint density at radius 1 is 1.11 bits per heavy atom. The van der Waals surface area contributed by atoms with Gasteiger partial charge in [0.05, 0.1) is 29.1 Å². The smallest absolute Gasteiger partial charge is 0.129 e. The number of rotatable bonds is 4. The molecule has 4 rings (SSSR count). The van der Waals surface area contributed by atoms with Crippen LogP contribution < -0.4 is 4.90 Å². The molecule has 1 aliphatic heterocycles. The molecule has 2 atom stereocenters. The lowest BCUT2D eigenvalue weighted by Crippen LogP contribution is -2.45. The van der Waals surface area contributed by atoms with Gasteiger partial charge in [-0.1, -0.05) is 6.07 Å². The summed E-state index contributed by atoms with van der Waals surface area (Å²) in [5, 5.41) is 0.945. The van der Waals surface area contributed by atoms with Crippen molar-refractivity contribution in [3.05, 3.63) is 48.3 Å². The van der Waals surface area contributed by atoms with E-state index >= 15 is 0 Å². The summed E-state index contributed by atoms with van der Waals surface area (Å²) in [5.41, 5.74) is 3.18. The molecule has 4 heterocycles. The van der Waals surface area contributed by atoms with Crippen LogP contribution in [-0.4, -0.2) is 46.5 Å². The van der Waals surface area contributed by atoms with Crippen LogP contribution in [0, 0.1) is 0 Å². The van der Waals surface area contributed by atoms with E-state index in [1.807, 2.05) is 36.4 Å². The molecule has 1 saturated heterocycles. The second-order valence-corrected chi connectivity index (χ2v) is 6.98. The van der Waals surface area contributed by atoms with E-state index in [2.05, 4.69) is 23.7 Å². The number of anilines is 1. The molecule has 0 aliphatic carbocycles. The maximum atomic E-state index is 10.7. The molecule has 6 nitrogen and oxygen atoms in total. The molecule has 1 fully saturated rings. The number of carbonyl (C=O) groups excluding carboxylic acids is 1. The molecule has 27 heavy (non-hydrogen) atoms. The Hall–Kier alpha value is -2.86. The zero-order chi connectivity index (χ0) is 18.8. The van der Waals surface area contributed by atoms with E-state index in [-0.39, 0.29) is 12.2 Å². The van der Waals surface area contributed by atoms with E-state index in [9.17, 15) is 4.79 Å². The Kier molecular flexibility index (Phi) is 4.81. The summed E-state index contributed by atoms with van der Waals surface area (Å²) >= 11 is 0. The zero-order valence-corrected chi connectivity index (χ0v) is 15.5. The molecule has 3 aromatic rings. The standard InChI is InChI=1S/C21H22N4O2/c1-14-12-25(13-15(2)27-14)21-5-3-4-18(24-21)19-7-6-16-11-22-17(8-9-26)10-20(16)23-19/h3-7,9-11,14-15H,8,12-13H2,1-2H3. The maximum absolute atomic E-state index is 10.7. The lowest BCUT2D eigenvalue weighted by Gasteiger charge is -2.36. The summed E-state index contributed by atoms with van der Waals surface area (Å²) < 4.78 is 5.82. The van der Waals surface area contributed by atoms with E-state index in [1.54, 1.807) is 6.20 Å². The summed E-state index contributed by atoms with van der Waals surface area (Å²) in [7, 11) is 0. The third-order valence-corrected chi connectivity index (χ3v) is 4.66. The molecule has 0 N–H and O–H groups in total. The molecule has 0 saturated carbocycles. The third-order valence-electron chi connectivity index (χ3n) is 4.66. The minimum Gasteiger partial charge on any atom is -0.372 e. The summed E-state index contributed by atoms with van der Waals surface area (Å²) in [6.07, 6.45) is 3.27. The van der Waals surface area contributed by atoms with Crippen molar-refractivity contribution >= 4 is 23.0 Å². The van der Waals surface area contributed by atoms with E-state index in [4.69, 9.17) is 14.7 Å². The molecule has 0 aromatic carbocycles. The number of aromatic nitrogens is 3. The van der Waals surface area contributed by atoms with Gasteiger partial charge in [-0.05, 0) is 44.2 Å². The van der Waals surface area contributed by atoms with Crippen molar-refractivity contribution in [2.75, 3.05) is 18.0 Å². The second-order valence-electron chi connectivity index (χ2n) is 6.98. The van der Waals surface area contributed by atoms with Crippen LogP contribution >= 0.6 is 0 Å². The maximum Gasteiger partial charge on any atom is 0.129 e. The Labute approximate surface area is 158 Å². The summed E-state index contributed by atoms with van der Waals surface area (Å²) in [5.74, 6) is 0.938. The van der Waals surface area contributed by atoms with Gasteiger partial charge in [-0.15, -0.1) is 0 Å². The number of hydrogen-bond donors (Lipinski definition) is 0. The lowest BCUT2D eigenvalue weighted by molar-refractivity contribution is -0.107. The quantitative estimate of drug-likeness (QED) is 0.665. The first-order valence-electron chi connectivity index (χ1n) is 9.19. The van der Waals surface area contributed by atoms with Crippen molar-refractivity contribution < 1.29 is 9.53 Å². The highest BCUT2D eigenvalue weighted by Gasteiger charge is 2.23. The number of aldehydes is 1. The molecule has 3 aromatic heterocycles. The fourth-order valence-electron chi connectivity index (χ4n) is 3.50. The van der Waals surface area contributed by atoms with Gasteiger partial charge in [0.1, 0.15) is 12.1 Å². The van der Waals surface area contributed by atoms with Gasteiger partial charge in [-0.3, -0.25) is 4.98 Å². The largest absolute Gasteiger partial charge is 0.372 e. The predicted octanol–water partition coefficient (Wildman–Crippen LogP) is 3.05. The highest BCUT2D eigenvalue weighted by atomic mass is 16.5. The van der Waals surface area contributed by atoms with Crippen molar-refractivity contribution in [2.45, 2.75) is 32.5 Å².